The molecule has 0 aliphatic carbocycles. The van der Waals surface area contributed by atoms with Crippen LogP contribution in [0.15, 0.2) is 60.7 Å². The van der Waals surface area contributed by atoms with E-state index in [-0.39, 0.29) is 35.4 Å². The molecule has 8 heteroatoms. The van der Waals surface area contributed by atoms with Crippen LogP contribution in [0.2, 0.25) is 0 Å². The van der Waals surface area contributed by atoms with Gasteiger partial charge >= 0.3 is 0 Å². The number of methoxy groups -OCH3 is 1. The maximum absolute atomic E-state index is 11.1. The fourth-order valence-corrected chi connectivity index (χ4v) is 5.78. The minimum absolute atomic E-state index is 0.00974. The number of rotatable bonds is 16. The molecular weight excluding hydrogens is 578 g/mol. The summed E-state index contributed by atoms with van der Waals surface area (Å²) in [6.45, 7) is 12.9. The lowest BCUT2D eigenvalue weighted by molar-refractivity contribution is 0.181. The largest absolute Gasteiger partial charge is 0.507 e. The Hall–Kier alpha value is -4.33. The minimum atomic E-state index is -0.00974. The predicted molar refractivity (Wildman–Crippen MR) is 184 cm³/mol. The summed E-state index contributed by atoms with van der Waals surface area (Å²) in [7, 11) is 1.61. The summed E-state index contributed by atoms with van der Waals surface area (Å²) < 4.78 is 17.6. The third kappa shape index (κ3) is 8.89. The maximum Gasteiger partial charge on any atom is 0.167 e. The zero-order valence-electron chi connectivity index (χ0n) is 28.3. The van der Waals surface area contributed by atoms with E-state index in [4.69, 9.17) is 29.2 Å². The van der Waals surface area contributed by atoms with Crippen molar-refractivity contribution in [2.24, 2.45) is 11.8 Å². The third-order valence-corrected chi connectivity index (χ3v) is 8.72. The van der Waals surface area contributed by atoms with Crippen LogP contribution in [-0.2, 0) is 0 Å². The Morgan fingerprint density at radius 3 is 1.33 bits per heavy atom. The lowest BCUT2D eigenvalue weighted by atomic mass is 9.97. The van der Waals surface area contributed by atoms with Gasteiger partial charge in [-0.05, 0) is 87.1 Å². The lowest BCUT2D eigenvalue weighted by Crippen LogP contribution is -2.16. The summed E-state index contributed by atoms with van der Waals surface area (Å²) in [5.41, 5.74) is 1.58. The van der Waals surface area contributed by atoms with Gasteiger partial charge in [-0.3, -0.25) is 0 Å². The summed E-state index contributed by atoms with van der Waals surface area (Å²) in [4.78, 5) is 14.2. The van der Waals surface area contributed by atoms with Gasteiger partial charge in [-0.25, -0.2) is 15.0 Å². The van der Waals surface area contributed by atoms with Crippen molar-refractivity contribution < 1.29 is 24.4 Å². The first-order valence-corrected chi connectivity index (χ1v) is 16.6. The van der Waals surface area contributed by atoms with Crippen LogP contribution in [0.1, 0.15) is 80.1 Å². The number of ether oxygens (including phenoxy) is 3. The van der Waals surface area contributed by atoms with E-state index in [1.54, 1.807) is 31.4 Å². The van der Waals surface area contributed by atoms with E-state index in [0.717, 1.165) is 44.1 Å². The van der Waals surface area contributed by atoms with Crippen LogP contribution < -0.4 is 14.2 Å². The lowest BCUT2D eigenvalue weighted by Gasteiger charge is -2.20. The van der Waals surface area contributed by atoms with Gasteiger partial charge in [-0.2, -0.15) is 0 Å². The van der Waals surface area contributed by atoms with E-state index in [1.807, 2.05) is 36.4 Å². The Labute approximate surface area is 273 Å². The minimum Gasteiger partial charge on any atom is -0.507 e. The molecule has 0 radical (unpaired) electrons. The first-order chi connectivity index (χ1) is 22.2. The van der Waals surface area contributed by atoms with Crippen molar-refractivity contribution in [1.82, 2.24) is 15.0 Å². The molecule has 0 aliphatic rings. The predicted octanol–water partition coefficient (Wildman–Crippen LogP) is 9.48. The zero-order valence-corrected chi connectivity index (χ0v) is 28.3. The normalized spacial score (nSPS) is 12.7. The average molecular weight is 628 g/mol. The Balaban J connectivity index is 1.68. The van der Waals surface area contributed by atoms with E-state index in [9.17, 15) is 10.2 Å². The van der Waals surface area contributed by atoms with Crippen molar-refractivity contribution in [3.05, 3.63) is 60.7 Å². The number of phenolic OH excluding ortho intramolecular Hbond substituents is 2. The van der Waals surface area contributed by atoms with Gasteiger partial charge in [-0.1, -0.05) is 53.4 Å². The number of phenols is 2. The highest BCUT2D eigenvalue weighted by Gasteiger charge is 2.19. The molecule has 0 saturated carbocycles. The van der Waals surface area contributed by atoms with Gasteiger partial charge in [0.2, 0.25) is 0 Å². The standard InChI is InChI=1S/C38H49N3O5/c1-8-26(9-2)20-24(5)45-30-16-18-32(34(42)22-30)37-39-36(28-12-14-29(44-7)15-13-28)40-38(41-37)33-19-17-31(23-35(33)43)46-25(6)21-27(10-3)11-4/h12-19,22-27,42-43H,8-11,20-21H2,1-7H3. The Bertz CT molecular complexity index is 1460. The first kappa shape index (κ1) is 34.5. The van der Waals surface area contributed by atoms with E-state index in [2.05, 4.69) is 41.5 Å². The molecule has 8 nitrogen and oxygen atoms in total. The maximum atomic E-state index is 11.1. The van der Waals surface area contributed by atoms with Crippen LogP contribution >= 0.6 is 0 Å². The van der Waals surface area contributed by atoms with Crippen LogP contribution in [0, 0.1) is 11.8 Å². The van der Waals surface area contributed by atoms with E-state index in [0.29, 0.717) is 46.0 Å². The SMILES string of the molecule is CCC(CC)CC(C)Oc1ccc(-c2nc(-c3ccc(OC)cc3)nc(-c3ccc(OC(C)CC(CC)CC)cc3O)n2)c(O)c1. The number of aromatic nitrogens is 3. The van der Waals surface area contributed by atoms with Gasteiger partial charge in [0.05, 0.1) is 30.4 Å². The molecule has 2 atom stereocenters. The summed E-state index contributed by atoms with van der Waals surface area (Å²) in [5.74, 6) is 3.96. The molecule has 4 rings (SSSR count). The summed E-state index contributed by atoms with van der Waals surface area (Å²) in [6.07, 6.45) is 6.34. The summed E-state index contributed by atoms with van der Waals surface area (Å²) in [5, 5.41) is 22.3. The van der Waals surface area contributed by atoms with Gasteiger partial charge < -0.3 is 24.4 Å². The molecule has 1 aromatic heterocycles. The topological polar surface area (TPSA) is 107 Å². The van der Waals surface area contributed by atoms with Crippen LogP contribution in [-0.4, -0.2) is 44.5 Å². The zero-order chi connectivity index (χ0) is 33.2. The van der Waals surface area contributed by atoms with Crippen LogP contribution in [0.4, 0.5) is 0 Å². The highest BCUT2D eigenvalue weighted by molar-refractivity contribution is 5.73. The molecule has 3 aromatic carbocycles. The Morgan fingerprint density at radius 1 is 0.565 bits per heavy atom. The van der Waals surface area contributed by atoms with E-state index >= 15 is 0 Å². The molecule has 4 aromatic rings. The first-order valence-electron chi connectivity index (χ1n) is 16.6. The smallest absolute Gasteiger partial charge is 0.167 e. The Kier molecular flexibility index (Phi) is 12.2. The highest BCUT2D eigenvalue weighted by atomic mass is 16.5. The molecule has 1 heterocycles. The van der Waals surface area contributed by atoms with Crippen molar-refractivity contribution in [3.8, 4) is 62.9 Å². The molecule has 0 saturated heterocycles. The second-order valence-corrected chi connectivity index (χ2v) is 12.1. The second-order valence-electron chi connectivity index (χ2n) is 12.1. The monoisotopic (exact) mass is 627 g/mol. The molecule has 2 N–H and O–H groups in total. The van der Waals surface area contributed by atoms with Crippen LogP contribution in [0.25, 0.3) is 34.2 Å². The highest BCUT2D eigenvalue weighted by Crippen LogP contribution is 2.36. The van der Waals surface area contributed by atoms with Gasteiger partial charge in [0.15, 0.2) is 17.5 Å². The van der Waals surface area contributed by atoms with Crippen LogP contribution in [0.3, 0.4) is 0 Å². The fourth-order valence-electron chi connectivity index (χ4n) is 5.78. The number of hydrogen-bond donors (Lipinski definition) is 2. The summed E-state index contributed by atoms with van der Waals surface area (Å²) in [6, 6.07) is 17.7. The molecule has 0 bridgehead atoms. The van der Waals surface area contributed by atoms with Gasteiger partial charge in [0.25, 0.3) is 0 Å². The van der Waals surface area contributed by atoms with E-state index in [1.165, 1.54) is 0 Å². The molecule has 2 unspecified atom stereocenters. The van der Waals surface area contributed by atoms with Crippen molar-refractivity contribution >= 4 is 0 Å². The quantitative estimate of drug-likeness (QED) is 0.126. The van der Waals surface area contributed by atoms with Crippen molar-refractivity contribution in [2.75, 3.05) is 7.11 Å². The Morgan fingerprint density at radius 2 is 0.957 bits per heavy atom. The van der Waals surface area contributed by atoms with Crippen molar-refractivity contribution in [3.63, 3.8) is 0 Å². The van der Waals surface area contributed by atoms with Gasteiger partial charge in [-0.15, -0.1) is 0 Å². The van der Waals surface area contributed by atoms with Crippen molar-refractivity contribution in [2.45, 2.75) is 92.3 Å². The van der Waals surface area contributed by atoms with Crippen LogP contribution in [0.5, 0.6) is 28.7 Å². The van der Waals surface area contributed by atoms with Crippen molar-refractivity contribution in [1.29, 1.82) is 0 Å². The molecule has 0 amide bonds. The number of benzene rings is 3. The number of hydrogen-bond acceptors (Lipinski definition) is 8. The molecule has 0 spiro atoms. The molecule has 246 valence electrons. The average Bonchev–Trinajstić information content (AvgIpc) is 3.06. The third-order valence-electron chi connectivity index (χ3n) is 8.72. The number of nitrogens with zero attached hydrogens (tertiary/aromatic N) is 3. The molecular formula is C38H49N3O5. The molecule has 46 heavy (non-hydrogen) atoms. The van der Waals surface area contributed by atoms with E-state index < -0.39 is 0 Å². The second kappa shape index (κ2) is 16.3. The fraction of sp³-hybridized carbons (Fsp3) is 0.447. The van der Waals surface area contributed by atoms with Gasteiger partial charge in [0, 0.05) is 17.7 Å². The summed E-state index contributed by atoms with van der Waals surface area (Å²) >= 11 is 0. The van der Waals surface area contributed by atoms with Gasteiger partial charge in [0.1, 0.15) is 28.7 Å². The molecule has 0 aliphatic heterocycles. The number of aromatic hydroxyl groups is 2. The molecule has 0 fully saturated rings.